The average Bonchev–Trinajstić information content (AvgIpc) is 2.64. The molecule has 0 bridgehead atoms. The monoisotopic (exact) mass is 380 g/mol. The van der Waals surface area contributed by atoms with Gasteiger partial charge in [-0.1, -0.05) is 0 Å². The number of anilines is 1. The van der Waals surface area contributed by atoms with Crippen molar-refractivity contribution in [3.63, 3.8) is 0 Å². The maximum Gasteiger partial charge on any atom is 0.267 e. The molecule has 27 heavy (non-hydrogen) atoms. The van der Waals surface area contributed by atoms with E-state index in [2.05, 4.69) is 25.0 Å². The summed E-state index contributed by atoms with van der Waals surface area (Å²) >= 11 is 1.87. The van der Waals surface area contributed by atoms with Crippen molar-refractivity contribution in [2.45, 2.75) is 25.6 Å². The molecule has 0 aromatic carbocycles. The van der Waals surface area contributed by atoms with Crippen molar-refractivity contribution >= 4 is 28.6 Å². The van der Waals surface area contributed by atoms with E-state index in [1.54, 1.807) is 16.9 Å². The van der Waals surface area contributed by atoms with Gasteiger partial charge in [0.05, 0.1) is 17.6 Å². The van der Waals surface area contributed by atoms with E-state index >= 15 is 0 Å². The van der Waals surface area contributed by atoms with Crippen LogP contribution < -0.4 is 10.5 Å². The standard InChI is InChI=1S/C19H20N6OS/c1-12-21-18-15(3-2-5-20-18)19(22-12)24-8-13(9-24)10-25-17(26)7-14-11-27-6-4-16(14)23-25/h2-3,5,7,13H,4,6,8-11H2,1H3. The molecule has 0 N–H and O–H groups in total. The van der Waals surface area contributed by atoms with Crippen molar-refractivity contribution < 1.29 is 0 Å². The first kappa shape index (κ1) is 16.7. The molecule has 0 atom stereocenters. The number of hydrogen-bond acceptors (Lipinski definition) is 7. The van der Waals surface area contributed by atoms with Gasteiger partial charge in [-0.15, -0.1) is 0 Å². The zero-order valence-electron chi connectivity index (χ0n) is 15.1. The highest BCUT2D eigenvalue weighted by atomic mass is 32.2. The van der Waals surface area contributed by atoms with E-state index in [0.29, 0.717) is 12.5 Å². The van der Waals surface area contributed by atoms with Crippen LogP contribution in [0.3, 0.4) is 0 Å². The van der Waals surface area contributed by atoms with Crippen LogP contribution in [0.5, 0.6) is 0 Å². The number of fused-ring (bicyclic) bond motifs is 2. The van der Waals surface area contributed by atoms with Gasteiger partial charge in [0.15, 0.2) is 5.65 Å². The molecule has 8 heteroatoms. The summed E-state index contributed by atoms with van der Waals surface area (Å²) in [6.07, 6.45) is 2.71. The smallest absolute Gasteiger partial charge is 0.267 e. The number of nitrogens with zero attached hydrogens (tertiary/aromatic N) is 6. The van der Waals surface area contributed by atoms with E-state index in [0.717, 1.165) is 64.9 Å². The Bertz CT molecular complexity index is 1080. The second kappa shape index (κ2) is 6.60. The highest BCUT2D eigenvalue weighted by Gasteiger charge is 2.30. The quantitative estimate of drug-likeness (QED) is 0.686. The number of aromatic nitrogens is 5. The average molecular weight is 380 g/mol. The van der Waals surface area contributed by atoms with Crippen molar-refractivity contribution in [3.05, 3.63) is 51.8 Å². The normalized spacial score (nSPS) is 17.0. The zero-order valence-corrected chi connectivity index (χ0v) is 15.9. The van der Waals surface area contributed by atoms with E-state index < -0.39 is 0 Å². The van der Waals surface area contributed by atoms with Gasteiger partial charge in [-0.05, 0) is 30.4 Å². The summed E-state index contributed by atoms with van der Waals surface area (Å²) in [7, 11) is 0. The summed E-state index contributed by atoms with van der Waals surface area (Å²) in [6.45, 7) is 4.28. The van der Waals surface area contributed by atoms with Crippen LogP contribution in [0.2, 0.25) is 0 Å². The van der Waals surface area contributed by atoms with E-state index in [9.17, 15) is 4.79 Å². The van der Waals surface area contributed by atoms with Crippen LogP contribution in [0.1, 0.15) is 17.1 Å². The molecule has 2 aliphatic heterocycles. The Morgan fingerprint density at radius 1 is 1.30 bits per heavy atom. The molecule has 0 aliphatic carbocycles. The molecule has 1 fully saturated rings. The largest absolute Gasteiger partial charge is 0.355 e. The van der Waals surface area contributed by atoms with Crippen LogP contribution in [0, 0.1) is 12.8 Å². The molecule has 5 rings (SSSR count). The predicted molar refractivity (Wildman–Crippen MR) is 106 cm³/mol. The number of aryl methyl sites for hydroxylation is 2. The first-order valence-electron chi connectivity index (χ1n) is 9.19. The number of hydrogen-bond donors (Lipinski definition) is 0. The molecular formula is C19H20N6OS. The third kappa shape index (κ3) is 3.07. The van der Waals surface area contributed by atoms with Gasteiger partial charge in [0, 0.05) is 43.4 Å². The highest BCUT2D eigenvalue weighted by Crippen LogP contribution is 2.29. The van der Waals surface area contributed by atoms with Crippen molar-refractivity contribution in [3.8, 4) is 0 Å². The molecule has 5 heterocycles. The molecule has 3 aromatic rings. The molecule has 0 saturated carbocycles. The summed E-state index contributed by atoms with van der Waals surface area (Å²) in [5.74, 6) is 4.05. The summed E-state index contributed by atoms with van der Waals surface area (Å²) < 4.78 is 1.65. The minimum atomic E-state index is 0.0160. The molecule has 2 aliphatic rings. The summed E-state index contributed by atoms with van der Waals surface area (Å²) in [6, 6.07) is 5.70. The van der Waals surface area contributed by atoms with Crippen LogP contribution in [-0.4, -0.2) is 43.6 Å². The zero-order chi connectivity index (χ0) is 18.4. The van der Waals surface area contributed by atoms with Gasteiger partial charge in [-0.25, -0.2) is 19.6 Å². The van der Waals surface area contributed by atoms with Crippen molar-refractivity contribution in [2.75, 3.05) is 23.7 Å². The van der Waals surface area contributed by atoms with E-state index in [-0.39, 0.29) is 5.56 Å². The summed E-state index contributed by atoms with van der Waals surface area (Å²) in [5.41, 5.74) is 2.95. The number of rotatable bonds is 3. The Labute approximate surface area is 160 Å². The lowest BCUT2D eigenvalue weighted by Crippen LogP contribution is -2.50. The molecular weight excluding hydrogens is 360 g/mol. The van der Waals surface area contributed by atoms with Crippen LogP contribution in [0.4, 0.5) is 5.82 Å². The van der Waals surface area contributed by atoms with Crippen LogP contribution >= 0.6 is 11.8 Å². The van der Waals surface area contributed by atoms with Gasteiger partial charge >= 0.3 is 0 Å². The SMILES string of the molecule is Cc1nc(N2CC(Cn3nc4c(cc3=O)CSCC4)C2)c2cccnc2n1. The second-order valence-corrected chi connectivity index (χ2v) is 8.28. The van der Waals surface area contributed by atoms with Gasteiger partial charge in [-0.3, -0.25) is 4.79 Å². The van der Waals surface area contributed by atoms with Gasteiger partial charge < -0.3 is 4.90 Å². The Kier molecular flexibility index (Phi) is 4.07. The number of pyridine rings is 1. The van der Waals surface area contributed by atoms with Crippen LogP contribution in [0.25, 0.3) is 11.0 Å². The molecule has 3 aromatic heterocycles. The lowest BCUT2D eigenvalue weighted by Gasteiger charge is -2.40. The minimum absolute atomic E-state index is 0.0160. The van der Waals surface area contributed by atoms with Crippen LogP contribution in [-0.2, 0) is 18.7 Å². The van der Waals surface area contributed by atoms with E-state index in [1.807, 2.05) is 30.8 Å². The fraction of sp³-hybridized carbons (Fsp3) is 0.421. The molecule has 0 amide bonds. The van der Waals surface area contributed by atoms with Crippen molar-refractivity contribution in [1.29, 1.82) is 0 Å². The summed E-state index contributed by atoms with van der Waals surface area (Å²) in [4.78, 5) is 28.0. The molecule has 138 valence electrons. The predicted octanol–water partition coefficient (Wildman–Crippen LogP) is 1.82. The van der Waals surface area contributed by atoms with Gasteiger partial charge in [0.1, 0.15) is 11.6 Å². The van der Waals surface area contributed by atoms with Crippen molar-refractivity contribution in [2.24, 2.45) is 5.92 Å². The maximum atomic E-state index is 12.4. The van der Waals surface area contributed by atoms with Gasteiger partial charge in [0.2, 0.25) is 0 Å². The fourth-order valence-electron chi connectivity index (χ4n) is 3.78. The Morgan fingerprint density at radius 2 is 2.19 bits per heavy atom. The topological polar surface area (TPSA) is 76.8 Å². The third-order valence-corrected chi connectivity index (χ3v) is 6.16. The fourth-order valence-corrected chi connectivity index (χ4v) is 4.73. The van der Waals surface area contributed by atoms with Crippen molar-refractivity contribution in [1.82, 2.24) is 24.7 Å². The summed E-state index contributed by atoms with van der Waals surface area (Å²) in [5, 5.41) is 5.61. The first-order valence-corrected chi connectivity index (χ1v) is 10.3. The minimum Gasteiger partial charge on any atom is -0.355 e. The molecule has 0 radical (unpaired) electrons. The Hall–Kier alpha value is -2.48. The van der Waals surface area contributed by atoms with Crippen LogP contribution in [0.15, 0.2) is 29.2 Å². The Balaban J connectivity index is 1.34. The van der Waals surface area contributed by atoms with Gasteiger partial charge in [-0.2, -0.15) is 16.9 Å². The lowest BCUT2D eigenvalue weighted by atomic mass is 9.99. The molecule has 0 unspecified atom stereocenters. The second-order valence-electron chi connectivity index (χ2n) is 7.18. The lowest BCUT2D eigenvalue weighted by molar-refractivity contribution is 0.331. The first-order chi connectivity index (χ1) is 13.2. The van der Waals surface area contributed by atoms with E-state index in [1.165, 1.54) is 0 Å². The molecule has 0 spiro atoms. The third-order valence-electron chi connectivity index (χ3n) is 5.16. The highest BCUT2D eigenvalue weighted by molar-refractivity contribution is 7.98. The maximum absolute atomic E-state index is 12.4. The van der Waals surface area contributed by atoms with Gasteiger partial charge in [0.25, 0.3) is 5.56 Å². The van der Waals surface area contributed by atoms with E-state index in [4.69, 9.17) is 0 Å². The number of thioether (sulfide) groups is 1. The molecule has 7 nitrogen and oxygen atoms in total. The molecule has 1 saturated heterocycles. The Morgan fingerprint density at radius 3 is 3.07 bits per heavy atom.